The highest BCUT2D eigenvalue weighted by Gasteiger charge is 2.46. The molecule has 0 radical (unpaired) electrons. The zero-order valence-electron chi connectivity index (χ0n) is 35.8. The third-order valence-electron chi connectivity index (χ3n) is 12.4. The molecule has 7 heteroatoms. The summed E-state index contributed by atoms with van der Waals surface area (Å²) in [4.78, 5) is 28.1. The predicted octanol–water partition coefficient (Wildman–Crippen LogP) is 12.7. The van der Waals surface area contributed by atoms with Crippen LogP contribution in [0.4, 0.5) is 11.4 Å². The molecule has 0 saturated heterocycles. The van der Waals surface area contributed by atoms with E-state index in [1.165, 1.54) is 32.7 Å². The van der Waals surface area contributed by atoms with E-state index >= 15 is 0 Å². The number of halogens is 1. The molecule has 0 bridgehead atoms. The third kappa shape index (κ3) is 8.57. The fraction of sp³-hybridized carbons (Fsp3) is 0.404. The Kier molecular flexibility index (Phi) is 13.0. The van der Waals surface area contributed by atoms with Gasteiger partial charge in [0.1, 0.15) is 6.42 Å². The Labute approximate surface area is 355 Å². The molecule has 2 aliphatic heterocycles. The molecule has 0 fully saturated rings. The number of carbonyl (C=O) groups is 2. The van der Waals surface area contributed by atoms with E-state index in [9.17, 15) is 9.59 Å². The maximum atomic E-state index is 12.9. The molecule has 0 amide bonds. The van der Waals surface area contributed by atoms with Crippen molar-refractivity contribution in [1.82, 2.24) is 0 Å². The summed E-state index contributed by atoms with van der Waals surface area (Å²) in [7, 11) is 0. The first-order valence-corrected chi connectivity index (χ1v) is 22.1. The molecular formula is C52H60ClN2O4+. The molecule has 0 unspecified atom stereocenters. The van der Waals surface area contributed by atoms with Gasteiger partial charge >= 0.3 is 11.9 Å². The summed E-state index contributed by atoms with van der Waals surface area (Å²) in [5.74, 6) is -0.328. The molecule has 0 spiro atoms. The lowest BCUT2D eigenvalue weighted by atomic mass is 9.78. The van der Waals surface area contributed by atoms with Gasteiger partial charge in [0.15, 0.2) is 12.3 Å². The molecule has 7 rings (SSSR count). The number of allylic oxidation sites excluding steroid dienone is 8. The van der Waals surface area contributed by atoms with Gasteiger partial charge in [-0.2, -0.15) is 4.58 Å². The van der Waals surface area contributed by atoms with E-state index in [-0.39, 0.29) is 22.8 Å². The monoisotopic (exact) mass is 811 g/mol. The fourth-order valence-corrected chi connectivity index (χ4v) is 9.65. The summed E-state index contributed by atoms with van der Waals surface area (Å²) < 4.78 is 13.5. The summed E-state index contributed by atoms with van der Waals surface area (Å²) in [6.07, 6.45) is 16.0. The second kappa shape index (κ2) is 18.1. The van der Waals surface area contributed by atoms with Gasteiger partial charge in [0.25, 0.3) is 0 Å². The van der Waals surface area contributed by atoms with Crippen LogP contribution in [-0.4, -0.2) is 48.5 Å². The smallest absolute Gasteiger partial charge is 0.312 e. The minimum Gasteiger partial charge on any atom is -0.466 e. The minimum absolute atomic E-state index is 0.164. The summed E-state index contributed by atoms with van der Waals surface area (Å²) in [6, 6.07) is 25.9. The van der Waals surface area contributed by atoms with Crippen molar-refractivity contribution in [2.75, 3.05) is 31.2 Å². The highest BCUT2D eigenvalue weighted by atomic mass is 35.5. The molecule has 6 nitrogen and oxygen atoms in total. The van der Waals surface area contributed by atoms with E-state index in [2.05, 4.69) is 148 Å². The minimum atomic E-state index is -0.317. The number of rotatable bonds is 15. The highest BCUT2D eigenvalue weighted by Crippen LogP contribution is 2.51. The Morgan fingerprint density at radius 2 is 1.37 bits per heavy atom. The lowest BCUT2D eigenvalue weighted by molar-refractivity contribution is -0.436. The van der Waals surface area contributed by atoms with Crippen LogP contribution in [0.3, 0.4) is 0 Å². The largest absolute Gasteiger partial charge is 0.466 e. The Morgan fingerprint density at radius 1 is 0.746 bits per heavy atom. The van der Waals surface area contributed by atoms with Crippen LogP contribution in [0.2, 0.25) is 0 Å². The average molecular weight is 813 g/mol. The highest BCUT2D eigenvalue weighted by molar-refractivity contribution is 6.32. The molecule has 0 atom stereocenters. The zero-order chi connectivity index (χ0) is 41.7. The van der Waals surface area contributed by atoms with Gasteiger partial charge < -0.3 is 14.4 Å². The van der Waals surface area contributed by atoms with E-state index in [1.807, 2.05) is 0 Å². The van der Waals surface area contributed by atoms with Crippen molar-refractivity contribution < 1.29 is 23.6 Å². The number of ether oxygens (including phenoxy) is 2. The number of hydrogen-bond donors (Lipinski definition) is 0. The SMILES string of the molecule is CCCCOC(=O)CCN1/C(=C/C=C2\CCCC(/C=C/C3=[N+](CCC(=O)OCCCC)c4ccc5ccccc5c4C3(C)C)=C2Cl)C(C)(C)c2c1ccc1ccccc21. The van der Waals surface area contributed by atoms with Gasteiger partial charge in [-0.1, -0.05) is 119 Å². The van der Waals surface area contributed by atoms with E-state index in [1.54, 1.807) is 0 Å². The number of hydrogen-bond acceptors (Lipinski definition) is 5. The van der Waals surface area contributed by atoms with Gasteiger partial charge in [0, 0.05) is 46.1 Å². The molecule has 308 valence electrons. The third-order valence-corrected chi connectivity index (χ3v) is 12.9. The van der Waals surface area contributed by atoms with Gasteiger partial charge in [-0.3, -0.25) is 9.59 Å². The van der Waals surface area contributed by atoms with Crippen LogP contribution in [0, 0.1) is 0 Å². The van der Waals surface area contributed by atoms with Crippen LogP contribution in [0.25, 0.3) is 21.5 Å². The molecule has 59 heavy (non-hydrogen) atoms. The topological polar surface area (TPSA) is 58.8 Å². The fourth-order valence-electron chi connectivity index (χ4n) is 9.33. The first-order valence-electron chi connectivity index (χ1n) is 21.7. The normalized spacial score (nSPS) is 18.5. The molecule has 0 saturated carbocycles. The molecule has 3 aliphatic rings. The molecule has 0 N–H and O–H groups in total. The van der Waals surface area contributed by atoms with Crippen molar-refractivity contribution in [2.24, 2.45) is 0 Å². The van der Waals surface area contributed by atoms with Gasteiger partial charge in [-0.15, -0.1) is 0 Å². The van der Waals surface area contributed by atoms with E-state index in [0.29, 0.717) is 39.1 Å². The molecular weight excluding hydrogens is 752 g/mol. The summed E-state index contributed by atoms with van der Waals surface area (Å²) in [6.45, 7) is 15.3. The first kappa shape index (κ1) is 42.2. The maximum absolute atomic E-state index is 12.9. The Balaban J connectivity index is 1.22. The van der Waals surface area contributed by atoms with E-state index in [0.717, 1.165) is 83.9 Å². The standard InChI is InChI=1S/C52H60ClN2O4/c1-7-9-34-58-46(56)30-32-54-42-26-22-36-16-11-13-20-40(36)48(42)51(3,4)44(54)28-24-38-18-15-19-39(50(38)53)25-29-45-52(5,6)49-41-21-14-12-17-37(41)23-27-43(49)55(45)33-31-47(57)59-35-10-8-2/h11-14,16-17,20-29H,7-10,15,18-19,30-35H2,1-6H3/q+1. The number of nitrogens with zero attached hydrogens (tertiary/aromatic N) is 2. The Hall–Kier alpha value is -4.94. The summed E-state index contributed by atoms with van der Waals surface area (Å²) >= 11 is 7.37. The van der Waals surface area contributed by atoms with Crippen molar-refractivity contribution >= 4 is 62.2 Å². The maximum Gasteiger partial charge on any atom is 0.312 e. The van der Waals surface area contributed by atoms with Crippen molar-refractivity contribution in [3.05, 3.63) is 130 Å². The first-order chi connectivity index (χ1) is 28.5. The molecule has 4 aromatic rings. The van der Waals surface area contributed by atoms with Crippen LogP contribution >= 0.6 is 11.6 Å². The van der Waals surface area contributed by atoms with Crippen LogP contribution in [-0.2, 0) is 29.9 Å². The Bertz CT molecular complexity index is 2410. The van der Waals surface area contributed by atoms with E-state index < -0.39 is 0 Å². The van der Waals surface area contributed by atoms with Gasteiger partial charge in [0.2, 0.25) is 5.69 Å². The number of esters is 2. The number of fused-ring (bicyclic) bond motifs is 6. The van der Waals surface area contributed by atoms with Crippen molar-refractivity contribution in [1.29, 1.82) is 0 Å². The van der Waals surface area contributed by atoms with Gasteiger partial charge in [-0.25, -0.2) is 0 Å². The van der Waals surface area contributed by atoms with Crippen molar-refractivity contribution in [3.63, 3.8) is 0 Å². The second-order valence-corrected chi connectivity index (χ2v) is 17.6. The lowest BCUT2D eigenvalue weighted by Crippen LogP contribution is -2.28. The number of carbonyl (C=O) groups excluding carboxylic acids is 2. The average Bonchev–Trinajstić information content (AvgIpc) is 3.59. The van der Waals surface area contributed by atoms with E-state index in [4.69, 9.17) is 21.1 Å². The van der Waals surface area contributed by atoms with Crippen molar-refractivity contribution in [2.45, 2.75) is 110 Å². The lowest BCUT2D eigenvalue weighted by Gasteiger charge is -2.27. The van der Waals surface area contributed by atoms with Crippen molar-refractivity contribution in [3.8, 4) is 0 Å². The molecule has 1 aliphatic carbocycles. The number of anilines is 1. The van der Waals surface area contributed by atoms with Gasteiger partial charge in [-0.05, 0) is 102 Å². The van der Waals surface area contributed by atoms with Crippen LogP contribution in [0.5, 0.6) is 0 Å². The second-order valence-electron chi connectivity index (χ2n) is 17.2. The molecule has 4 aromatic carbocycles. The summed E-state index contributed by atoms with van der Waals surface area (Å²) in [5.41, 5.74) is 8.69. The van der Waals surface area contributed by atoms with Crippen LogP contribution < -0.4 is 4.90 Å². The molecule has 0 aromatic heterocycles. The van der Waals surface area contributed by atoms with Crippen LogP contribution in [0.15, 0.2) is 119 Å². The zero-order valence-corrected chi connectivity index (χ0v) is 36.6. The summed E-state index contributed by atoms with van der Waals surface area (Å²) in [5, 5.41) is 5.67. The Morgan fingerprint density at radius 3 is 2.05 bits per heavy atom. The van der Waals surface area contributed by atoms with Crippen LogP contribution in [0.1, 0.15) is 110 Å². The predicted molar refractivity (Wildman–Crippen MR) is 244 cm³/mol. The number of unbranched alkanes of at least 4 members (excludes halogenated alkanes) is 2. The number of benzene rings is 4. The molecule has 2 heterocycles. The quantitative estimate of drug-likeness (QED) is 0.0680. The van der Waals surface area contributed by atoms with Gasteiger partial charge in [0.05, 0.1) is 25.0 Å².